The molecule has 0 unspecified atom stereocenters. The maximum atomic E-state index is 6.42. The van der Waals surface area contributed by atoms with Gasteiger partial charge >= 0.3 is 0 Å². The molecule has 0 saturated heterocycles. The van der Waals surface area contributed by atoms with Crippen molar-refractivity contribution in [3.8, 4) is 5.69 Å². The average Bonchev–Trinajstić information content (AvgIpc) is 2.85. The maximum Gasteiger partial charge on any atom is 0.168 e. The van der Waals surface area contributed by atoms with Crippen molar-refractivity contribution >= 4 is 46.8 Å². The minimum atomic E-state index is 0.310. The number of hydrogen-bond donors (Lipinski definition) is 1. The van der Waals surface area contributed by atoms with Gasteiger partial charge in [-0.25, -0.2) is 4.68 Å². The van der Waals surface area contributed by atoms with Crippen LogP contribution in [0.25, 0.3) is 5.69 Å². The molecule has 9 heteroatoms. The molecule has 122 valence electrons. The predicted molar refractivity (Wildman–Crippen MR) is 96.6 cm³/mol. The smallest absolute Gasteiger partial charge is 0.168 e. The third kappa shape index (κ3) is 3.51. The van der Waals surface area contributed by atoms with E-state index in [1.54, 1.807) is 29.1 Å². The molecule has 0 spiro atoms. The molecule has 0 aliphatic rings. The van der Waals surface area contributed by atoms with Crippen molar-refractivity contribution in [3.63, 3.8) is 0 Å². The molecule has 0 atom stereocenters. The van der Waals surface area contributed by atoms with Gasteiger partial charge in [-0.1, -0.05) is 46.9 Å². The molecule has 6 nitrogen and oxygen atoms in total. The van der Waals surface area contributed by atoms with Crippen LogP contribution in [0.1, 0.15) is 11.3 Å². The molecular weight excluding hydrogens is 371 g/mol. The summed E-state index contributed by atoms with van der Waals surface area (Å²) in [5, 5.41) is 17.3. The lowest BCUT2D eigenvalue weighted by atomic mass is 10.3. The zero-order valence-corrected chi connectivity index (χ0v) is 14.7. The topological polar surface area (TPSA) is 68.0 Å². The third-order valence-electron chi connectivity index (χ3n) is 3.13. The van der Waals surface area contributed by atoms with E-state index in [0.717, 1.165) is 0 Å². The average molecular weight is 382 g/mol. The summed E-state index contributed by atoms with van der Waals surface area (Å²) in [7, 11) is 0. The normalized spacial score (nSPS) is 11.2. The summed E-state index contributed by atoms with van der Waals surface area (Å²) < 4.78 is 1.57. The van der Waals surface area contributed by atoms with Gasteiger partial charge in [-0.05, 0) is 31.2 Å². The minimum Gasteiger partial charge on any atom is -0.260 e. The van der Waals surface area contributed by atoms with E-state index in [0.29, 0.717) is 38.1 Å². The van der Waals surface area contributed by atoms with Crippen molar-refractivity contribution in [3.05, 3.63) is 63.0 Å². The van der Waals surface area contributed by atoms with Crippen molar-refractivity contribution in [2.75, 3.05) is 5.43 Å². The summed E-state index contributed by atoms with van der Waals surface area (Å²) in [5.74, 6) is 0.461. The van der Waals surface area contributed by atoms with Gasteiger partial charge in [0.25, 0.3) is 0 Å². The van der Waals surface area contributed by atoms with E-state index in [1.165, 1.54) is 0 Å². The number of hydrazone groups is 1. The SMILES string of the molecule is Cc1nn(-c2ccccc2Cl)c(Cl)c1/C=N\Nc1ccc(Cl)nn1. The summed E-state index contributed by atoms with van der Waals surface area (Å²) in [6.07, 6.45) is 1.56. The number of para-hydroxylation sites is 1. The van der Waals surface area contributed by atoms with E-state index in [-0.39, 0.29) is 0 Å². The summed E-state index contributed by atoms with van der Waals surface area (Å²) in [5.41, 5.74) is 4.84. The van der Waals surface area contributed by atoms with Crippen LogP contribution in [0.4, 0.5) is 5.82 Å². The summed E-state index contributed by atoms with van der Waals surface area (Å²) in [4.78, 5) is 0. The quantitative estimate of drug-likeness (QED) is 0.538. The molecule has 1 aromatic carbocycles. The van der Waals surface area contributed by atoms with Crippen LogP contribution in [-0.2, 0) is 0 Å². The molecule has 2 heterocycles. The fourth-order valence-corrected chi connectivity index (χ4v) is 2.61. The van der Waals surface area contributed by atoms with Crippen molar-refractivity contribution in [1.82, 2.24) is 20.0 Å². The van der Waals surface area contributed by atoms with Crippen molar-refractivity contribution in [2.45, 2.75) is 6.92 Å². The number of halogens is 3. The van der Waals surface area contributed by atoms with Gasteiger partial charge in [0.1, 0.15) is 5.15 Å². The van der Waals surface area contributed by atoms with Crippen molar-refractivity contribution < 1.29 is 0 Å². The molecule has 0 bridgehead atoms. The van der Waals surface area contributed by atoms with Crippen LogP contribution in [0.5, 0.6) is 0 Å². The zero-order chi connectivity index (χ0) is 17.1. The Morgan fingerprint density at radius 2 is 1.88 bits per heavy atom. The lowest BCUT2D eigenvalue weighted by Crippen LogP contribution is -1.98. The lowest BCUT2D eigenvalue weighted by molar-refractivity contribution is 0.863. The Hall–Kier alpha value is -2.15. The standard InChI is InChI=1S/C15H11Cl3N6/c1-9-10(8-19-21-14-7-6-13(17)20-22-14)15(18)24(23-9)12-5-3-2-4-11(12)16/h2-8H,1H3,(H,21,22)/b19-8-. The second-order valence-corrected chi connectivity index (χ2v) is 5.92. The number of aromatic nitrogens is 4. The Kier molecular flexibility index (Phi) is 4.99. The minimum absolute atomic E-state index is 0.310. The molecule has 3 aromatic rings. The monoisotopic (exact) mass is 380 g/mol. The van der Waals surface area contributed by atoms with Crippen LogP contribution in [0, 0.1) is 6.92 Å². The van der Waals surface area contributed by atoms with Gasteiger partial charge < -0.3 is 0 Å². The van der Waals surface area contributed by atoms with Crippen LogP contribution in [0.3, 0.4) is 0 Å². The highest BCUT2D eigenvalue weighted by Crippen LogP contribution is 2.26. The Balaban J connectivity index is 1.85. The number of anilines is 1. The first-order valence-electron chi connectivity index (χ1n) is 6.84. The van der Waals surface area contributed by atoms with Gasteiger partial charge in [-0.2, -0.15) is 10.2 Å². The molecule has 0 radical (unpaired) electrons. The van der Waals surface area contributed by atoms with Gasteiger partial charge in [0.15, 0.2) is 11.0 Å². The first-order valence-corrected chi connectivity index (χ1v) is 7.98. The number of aryl methyl sites for hydroxylation is 1. The second-order valence-electron chi connectivity index (χ2n) is 4.76. The highest BCUT2D eigenvalue weighted by Gasteiger charge is 2.14. The Bertz CT molecular complexity index is 889. The van der Waals surface area contributed by atoms with E-state index in [4.69, 9.17) is 34.8 Å². The summed E-state index contributed by atoms with van der Waals surface area (Å²) in [6.45, 7) is 1.84. The van der Waals surface area contributed by atoms with E-state index in [9.17, 15) is 0 Å². The Morgan fingerprint density at radius 1 is 1.08 bits per heavy atom. The fourth-order valence-electron chi connectivity index (χ4n) is 1.98. The molecule has 0 fully saturated rings. The molecule has 0 aliphatic heterocycles. The number of nitrogens with zero attached hydrogens (tertiary/aromatic N) is 5. The van der Waals surface area contributed by atoms with Gasteiger partial charge in [0.05, 0.1) is 28.2 Å². The molecule has 24 heavy (non-hydrogen) atoms. The molecule has 3 rings (SSSR count). The summed E-state index contributed by atoms with van der Waals surface area (Å²) >= 11 is 18.3. The van der Waals surface area contributed by atoms with E-state index in [1.807, 2.05) is 25.1 Å². The maximum absolute atomic E-state index is 6.42. The van der Waals surface area contributed by atoms with Crippen LogP contribution in [0.15, 0.2) is 41.5 Å². The molecule has 2 aromatic heterocycles. The number of hydrogen-bond acceptors (Lipinski definition) is 5. The van der Waals surface area contributed by atoms with Gasteiger partial charge in [-0.15, -0.1) is 10.2 Å². The van der Waals surface area contributed by atoms with Crippen LogP contribution in [0.2, 0.25) is 15.3 Å². The number of rotatable bonds is 4. The molecular formula is C15H11Cl3N6. The van der Waals surface area contributed by atoms with Gasteiger partial charge in [0, 0.05) is 0 Å². The van der Waals surface area contributed by atoms with E-state index < -0.39 is 0 Å². The predicted octanol–water partition coefficient (Wildman–Crippen LogP) is 4.38. The fraction of sp³-hybridized carbons (Fsp3) is 0.0667. The van der Waals surface area contributed by atoms with Gasteiger partial charge in [0.2, 0.25) is 0 Å². The van der Waals surface area contributed by atoms with Crippen LogP contribution < -0.4 is 5.43 Å². The van der Waals surface area contributed by atoms with E-state index >= 15 is 0 Å². The van der Waals surface area contributed by atoms with Crippen LogP contribution >= 0.6 is 34.8 Å². The third-order valence-corrected chi connectivity index (χ3v) is 4.02. The lowest BCUT2D eigenvalue weighted by Gasteiger charge is -2.04. The molecule has 0 saturated carbocycles. The number of benzene rings is 1. The highest BCUT2D eigenvalue weighted by molar-refractivity contribution is 6.34. The first-order chi connectivity index (χ1) is 11.6. The molecule has 0 aliphatic carbocycles. The largest absolute Gasteiger partial charge is 0.260 e. The van der Waals surface area contributed by atoms with Crippen molar-refractivity contribution in [1.29, 1.82) is 0 Å². The van der Waals surface area contributed by atoms with E-state index in [2.05, 4.69) is 25.8 Å². The Morgan fingerprint density at radius 3 is 2.58 bits per heavy atom. The van der Waals surface area contributed by atoms with Gasteiger partial charge in [-0.3, -0.25) is 5.43 Å². The Labute approximate surface area is 153 Å². The summed E-state index contributed by atoms with van der Waals surface area (Å²) in [6, 6.07) is 10.6. The van der Waals surface area contributed by atoms with Crippen LogP contribution in [-0.4, -0.2) is 26.2 Å². The zero-order valence-electron chi connectivity index (χ0n) is 12.4. The number of nitrogens with one attached hydrogen (secondary N) is 1. The first kappa shape index (κ1) is 16.7. The highest BCUT2D eigenvalue weighted by atomic mass is 35.5. The molecule has 0 amide bonds. The van der Waals surface area contributed by atoms with Crippen molar-refractivity contribution in [2.24, 2.45) is 5.10 Å². The second kappa shape index (κ2) is 7.17. The molecule has 1 N–H and O–H groups in total.